The van der Waals surface area contributed by atoms with Crippen molar-refractivity contribution in [1.29, 1.82) is 0 Å². The van der Waals surface area contributed by atoms with Gasteiger partial charge in [-0.05, 0) is 19.4 Å². The number of carbonyl (C=O) groups excluding carboxylic acids is 1. The number of alkyl carbamates (subject to hydrolysis) is 1. The number of carboxylic acid groups (broad SMARTS) is 2. The average Bonchev–Trinajstić information content (AvgIpc) is 2.50. The van der Waals surface area contributed by atoms with E-state index in [1.54, 1.807) is 0 Å². The van der Waals surface area contributed by atoms with Gasteiger partial charge in [-0.3, -0.25) is 14.9 Å². The molecule has 0 spiro atoms. The Kier molecular flexibility index (Phi) is 6.65. The summed E-state index contributed by atoms with van der Waals surface area (Å²) in [6, 6.07) is 4.22. The van der Waals surface area contributed by atoms with Gasteiger partial charge in [-0.1, -0.05) is 12.1 Å². The molecule has 0 aliphatic heterocycles. The average molecular weight is 340 g/mol. The number of hydrogen-bond donors (Lipinski definition) is 3. The smallest absolute Gasteiger partial charge is 0.408 e. The normalized spacial score (nSPS) is 12.7. The number of ether oxygens (including phenoxy) is 1. The van der Waals surface area contributed by atoms with Crippen molar-refractivity contribution in [2.75, 3.05) is 0 Å². The maximum Gasteiger partial charge on any atom is 0.408 e. The van der Waals surface area contributed by atoms with E-state index in [0.29, 0.717) is 0 Å². The first kappa shape index (κ1) is 18.9. The molecule has 1 aromatic carbocycles. The van der Waals surface area contributed by atoms with Gasteiger partial charge in [0.15, 0.2) is 0 Å². The van der Waals surface area contributed by atoms with E-state index in [1.165, 1.54) is 31.2 Å². The molecule has 10 nitrogen and oxygen atoms in total. The van der Waals surface area contributed by atoms with Gasteiger partial charge in [0, 0.05) is 12.5 Å². The van der Waals surface area contributed by atoms with Crippen LogP contribution in [0.25, 0.3) is 0 Å². The number of para-hydroxylation sites is 1. The molecule has 2 unspecified atom stereocenters. The highest BCUT2D eigenvalue weighted by atomic mass is 16.6. The maximum atomic E-state index is 11.8. The highest BCUT2D eigenvalue weighted by Gasteiger charge is 2.25. The molecule has 0 saturated heterocycles. The van der Waals surface area contributed by atoms with E-state index < -0.39 is 41.5 Å². The maximum absolute atomic E-state index is 11.8. The molecule has 1 aromatic rings. The van der Waals surface area contributed by atoms with Crippen LogP contribution < -0.4 is 5.32 Å². The molecule has 1 rings (SSSR count). The van der Waals surface area contributed by atoms with Gasteiger partial charge in [-0.25, -0.2) is 9.59 Å². The number of nitro benzene ring substituents is 1. The first-order chi connectivity index (χ1) is 11.2. The Hall–Kier alpha value is -3.17. The van der Waals surface area contributed by atoms with Gasteiger partial charge in [-0.2, -0.15) is 0 Å². The van der Waals surface area contributed by atoms with Gasteiger partial charge in [-0.15, -0.1) is 0 Å². The summed E-state index contributed by atoms with van der Waals surface area (Å²) in [7, 11) is 0. The fourth-order valence-corrected chi connectivity index (χ4v) is 1.92. The molecule has 2 atom stereocenters. The minimum atomic E-state index is -1.44. The molecule has 3 N–H and O–H groups in total. The van der Waals surface area contributed by atoms with E-state index in [-0.39, 0.29) is 17.7 Å². The van der Waals surface area contributed by atoms with Crippen LogP contribution in [0.1, 0.15) is 31.4 Å². The first-order valence-electron chi connectivity index (χ1n) is 6.87. The Morgan fingerprint density at radius 2 is 1.92 bits per heavy atom. The summed E-state index contributed by atoms with van der Waals surface area (Å²) in [4.78, 5) is 43.5. The number of nitro groups is 1. The minimum Gasteiger partial charge on any atom is -0.481 e. The molecule has 10 heteroatoms. The number of nitrogens with zero attached hydrogens (tertiary/aromatic N) is 1. The molecule has 130 valence electrons. The SMILES string of the molecule is CC(OC(=O)NC(CCC(=O)O)C(=O)O)c1ccccc1[N+](=O)[O-]. The Bertz CT molecular complexity index is 645. The van der Waals surface area contributed by atoms with E-state index in [1.807, 2.05) is 5.32 Å². The minimum absolute atomic E-state index is 0.148. The first-order valence-corrected chi connectivity index (χ1v) is 6.87. The van der Waals surface area contributed by atoms with Gasteiger partial charge < -0.3 is 20.3 Å². The van der Waals surface area contributed by atoms with E-state index >= 15 is 0 Å². The van der Waals surface area contributed by atoms with Crippen LogP contribution in [0, 0.1) is 10.1 Å². The predicted molar refractivity (Wildman–Crippen MR) is 79.4 cm³/mol. The van der Waals surface area contributed by atoms with Gasteiger partial charge >= 0.3 is 18.0 Å². The number of aliphatic carboxylic acids is 2. The fourth-order valence-electron chi connectivity index (χ4n) is 1.92. The monoisotopic (exact) mass is 340 g/mol. The number of carbonyl (C=O) groups is 3. The second-order valence-corrected chi connectivity index (χ2v) is 4.83. The summed E-state index contributed by atoms with van der Waals surface area (Å²) in [6.45, 7) is 1.40. The molecule has 0 heterocycles. The zero-order chi connectivity index (χ0) is 18.3. The molecular formula is C14H16N2O8. The third-order valence-electron chi connectivity index (χ3n) is 3.09. The molecule has 0 aliphatic rings. The Labute approximate surface area is 136 Å². The lowest BCUT2D eigenvalue weighted by Gasteiger charge is -2.17. The Morgan fingerprint density at radius 3 is 2.46 bits per heavy atom. The van der Waals surface area contributed by atoms with Gasteiger partial charge in [0.1, 0.15) is 12.1 Å². The van der Waals surface area contributed by atoms with Crippen molar-refractivity contribution >= 4 is 23.7 Å². The Balaban J connectivity index is 2.74. The molecule has 24 heavy (non-hydrogen) atoms. The van der Waals surface area contributed by atoms with E-state index in [9.17, 15) is 24.5 Å². The van der Waals surface area contributed by atoms with Crippen LogP contribution in [0.3, 0.4) is 0 Å². The van der Waals surface area contributed by atoms with E-state index in [0.717, 1.165) is 0 Å². The third kappa shape index (κ3) is 5.55. The molecule has 0 radical (unpaired) electrons. The number of carboxylic acids is 2. The fraction of sp³-hybridized carbons (Fsp3) is 0.357. The van der Waals surface area contributed by atoms with Crippen LogP contribution in [0.4, 0.5) is 10.5 Å². The summed E-state index contributed by atoms with van der Waals surface area (Å²) in [5, 5.41) is 30.5. The number of hydrogen-bond acceptors (Lipinski definition) is 6. The Morgan fingerprint density at radius 1 is 1.29 bits per heavy atom. The summed E-state index contributed by atoms with van der Waals surface area (Å²) < 4.78 is 4.95. The predicted octanol–water partition coefficient (Wildman–Crippen LogP) is 1.70. The largest absolute Gasteiger partial charge is 0.481 e. The molecular weight excluding hydrogens is 324 g/mol. The van der Waals surface area contributed by atoms with Crippen molar-refractivity contribution < 1.29 is 34.3 Å². The molecule has 1 amide bonds. The summed E-state index contributed by atoms with van der Waals surface area (Å²) in [5.41, 5.74) is -0.0893. The number of benzene rings is 1. The van der Waals surface area contributed by atoms with E-state index in [2.05, 4.69) is 0 Å². The second kappa shape index (κ2) is 8.46. The molecule has 0 aliphatic carbocycles. The molecule has 0 bridgehead atoms. The van der Waals surface area contributed by atoms with Crippen molar-refractivity contribution in [2.24, 2.45) is 0 Å². The summed E-state index contributed by atoms with van der Waals surface area (Å²) >= 11 is 0. The summed E-state index contributed by atoms with van der Waals surface area (Å²) in [6.07, 6.45) is -2.88. The van der Waals surface area contributed by atoms with Gasteiger partial charge in [0.05, 0.1) is 10.5 Å². The molecule has 0 saturated carbocycles. The number of rotatable bonds is 8. The highest BCUT2D eigenvalue weighted by Crippen LogP contribution is 2.26. The van der Waals surface area contributed by atoms with Crippen LogP contribution in [-0.4, -0.2) is 39.2 Å². The quantitative estimate of drug-likeness (QED) is 0.477. The summed E-state index contributed by atoms with van der Waals surface area (Å²) in [5.74, 6) is -2.61. The van der Waals surface area contributed by atoms with Crippen LogP contribution >= 0.6 is 0 Å². The van der Waals surface area contributed by atoms with Crippen molar-refractivity contribution in [3.05, 3.63) is 39.9 Å². The van der Waals surface area contributed by atoms with Crippen molar-refractivity contribution in [2.45, 2.75) is 31.9 Å². The van der Waals surface area contributed by atoms with Crippen LogP contribution in [0.5, 0.6) is 0 Å². The lowest BCUT2D eigenvalue weighted by Crippen LogP contribution is -2.41. The third-order valence-corrected chi connectivity index (χ3v) is 3.09. The zero-order valence-electron chi connectivity index (χ0n) is 12.7. The van der Waals surface area contributed by atoms with Crippen LogP contribution in [-0.2, 0) is 14.3 Å². The molecule has 0 fully saturated rings. The van der Waals surface area contributed by atoms with Crippen molar-refractivity contribution in [1.82, 2.24) is 5.32 Å². The standard InChI is InChI=1S/C14H16N2O8/c1-8(9-4-2-3-5-11(9)16(22)23)24-14(21)15-10(13(19)20)6-7-12(17)18/h2-5,8,10H,6-7H2,1H3,(H,15,21)(H,17,18)(H,19,20). The van der Waals surface area contributed by atoms with Crippen molar-refractivity contribution in [3.8, 4) is 0 Å². The van der Waals surface area contributed by atoms with Crippen LogP contribution in [0.2, 0.25) is 0 Å². The lowest BCUT2D eigenvalue weighted by molar-refractivity contribution is -0.386. The number of amides is 1. The second-order valence-electron chi connectivity index (χ2n) is 4.83. The van der Waals surface area contributed by atoms with Gasteiger partial charge in [0.25, 0.3) is 5.69 Å². The number of nitrogens with one attached hydrogen (secondary N) is 1. The topological polar surface area (TPSA) is 156 Å². The zero-order valence-corrected chi connectivity index (χ0v) is 12.7. The van der Waals surface area contributed by atoms with Crippen molar-refractivity contribution in [3.63, 3.8) is 0 Å². The molecule has 0 aromatic heterocycles. The van der Waals surface area contributed by atoms with Gasteiger partial charge in [0.2, 0.25) is 0 Å². The lowest BCUT2D eigenvalue weighted by atomic mass is 10.1. The highest BCUT2D eigenvalue weighted by molar-refractivity contribution is 5.80. The van der Waals surface area contributed by atoms with E-state index in [4.69, 9.17) is 14.9 Å². The van der Waals surface area contributed by atoms with Crippen LogP contribution in [0.15, 0.2) is 24.3 Å².